The molecule has 1 aliphatic rings. The molecule has 0 aliphatic carbocycles. The lowest BCUT2D eigenvalue weighted by atomic mass is 10.2. The lowest BCUT2D eigenvalue weighted by Crippen LogP contribution is -2.55. The second-order valence-electron chi connectivity index (χ2n) is 6.28. The van der Waals surface area contributed by atoms with E-state index in [0.717, 1.165) is 53.7 Å². The SMILES string of the molecule is Cc1nc2cc(OC([C@@H](C)O)N3CCN(CCN)CC3)ccc2s1. The zero-order valence-electron chi connectivity index (χ0n) is 14.3. The van der Waals surface area contributed by atoms with Gasteiger partial charge in [0.25, 0.3) is 0 Å². The molecule has 1 saturated heterocycles. The van der Waals surface area contributed by atoms with Crippen molar-refractivity contribution in [1.29, 1.82) is 0 Å². The molecule has 1 fully saturated rings. The summed E-state index contributed by atoms with van der Waals surface area (Å²) in [4.78, 5) is 9.06. The van der Waals surface area contributed by atoms with E-state index in [0.29, 0.717) is 6.54 Å². The van der Waals surface area contributed by atoms with E-state index in [9.17, 15) is 5.11 Å². The van der Waals surface area contributed by atoms with Crippen molar-refractivity contribution in [3.8, 4) is 5.75 Å². The van der Waals surface area contributed by atoms with Crippen molar-refractivity contribution in [3.63, 3.8) is 0 Å². The first-order chi connectivity index (χ1) is 11.6. The van der Waals surface area contributed by atoms with Gasteiger partial charge in [0.2, 0.25) is 0 Å². The van der Waals surface area contributed by atoms with Crippen LogP contribution in [0.3, 0.4) is 0 Å². The van der Waals surface area contributed by atoms with Gasteiger partial charge in [0.1, 0.15) is 11.9 Å². The summed E-state index contributed by atoms with van der Waals surface area (Å²) in [6, 6.07) is 5.95. The Balaban J connectivity index is 1.69. The molecular weight excluding hydrogens is 324 g/mol. The molecule has 0 bridgehead atoms. The lowest BCUT2D eigenvalue weighted by molar-refractivity contribution is -0.0741. The summed E-state index contributed by atoms with van der Waals surface area (Å²) >= 11 is 1.68. The third kappa shape index (κ3) is 4.04. The monoisotopic (exact) mass is 350 g/mol. The van der Waals surface area contributed by atoms with Crippen LogP contribution in [0.25, 0.3) is 10.2 Å². The third-order valence-electron chi connectivity index (χ3n) is 4.35. The molecular formula is C17H26N4O2S. The highest BCUT2D eigenvalue weighted by Crippen LogP contribution is 2.27. The van der Waals surface area contributed by atoms with E-state index >= 15 is 0 Å². The zero-order chi connectivity index (χ0) is 17.1. The van der Waals surface area contributed by atoms with Gasteiger partial charge in [-0.25, -0.2) is 4.98 Å². The highest BCUT2D eigenvalue weighted by Gasteiger charge is 2.28. The molecule has 1 aliphatic heterocycles. The normalized spacial score (nSPS) is 19.5. The molecule has 3 N–H and O–H groups in total. The van der Waals surface area contributed by atoms with Crippen LogP contribution in [-0.2, 0) is 0 Å². The van der Waals surface area contributed by atoms with Crippen molar-refractivity contribution in [2.45, 2.75) is 26.2 Å². The van der Waals surface area contributed by atoms with Crippen LogP contribution in [0.2, 0.25) is 0 Å². The fraction of sp³-hybridized carbons (Fsp3) is 0.588. The summed E-state index contributed by atoms with van der Waals surface area (Å²) in [5, 5.41) is 11.2. The van der Waals surface area contributed by atoms with Gasteiger partial charge in [-0.3, -0.25) is 9.80 Å². The summed E-state index contributed by atoms with van der Waals surface area (Å²) in [6.45, 7) is 9.04. The van der Waals surface area contributed by atoms with Crippen molar-refractivity contribution in [1.82, 2.24) is 14.8 Å². The molecule has 0 saturated carbocycles. The number of benzene rings is 1. The van der Waals surface area contributed by atoms with Crippen molar-refractivity contribution < 1.29 is 9.84 Å². The topological polar surface area (TPSA) is 74.9 Å². The Morgan fingerprint density at radius 3 is 2.75 bits per heavy atom. The lowest BCUT2D eigenvalue weighted by Gasteiger charge is -2.39. The first-order valence-corrected chi connectivity index (χ1v) is 9.27. The van der Waals surface area contributed by atoms with E-state index in [4.69, 9.17) is 10.5 Å². The van der Waals surface area contributed by atoms with Crippen LogP contribution in [0.5, 0.6) is 5.75 Å². The second-order valence-corrected chi connectivity index (χ2v) is 7.51. The minimum atomic E-state index is -0.570. The predicted octanol–water partition coefficient (Wildman–Crippen LogP) is 1.27. The fourth-order valence-corrected chi connectivity index (χ4v) is 3.94. The first-order valence-electron chi connectivity index (χ1n) is 8.45. The Hall–Kier alpha value is -1.25. The van der Waals surface area contributed by atoms with E-state index in [-0.39, 0.29) is 6.23 Å². The maximum atomic E-state index is 10.2. The third-order valence-corrected chi connectivity index (χ3v) is 5.30. The van der Waals surface area contributed by atoms with Crippen molar-refractivity contribution in [3.05, 3.63) is 23.2 Å². The molecule has 132 valence electrons. The minimum Gasteiger partial charge on any atom is -0.472 e. The van der Waals surface area contributed by atoms with Gasteiger partial charge in [-0.05, 0) is 26.0 Å². The molecule has 0 amide bonds. The number of thiazole rings is 1. The van der Waals surface area contributed by atoms with E-state index in [1.165, 1.54) is 0 Å². The van der Waals surface area contributed by atoms with Crippen LogP contribution >= 0.6 is 11.3 Å². The van der Waals surface area contributed by atoms with E-state index < -0.39 is 6.10 Å². The smallest absolute Gasteiger partial charge is 0.178 e. The minimum absolute atomic E-state index is 0.345. The van der Waals surface area contributed by atoms with Crippen LogP contribution in [0.4, 0.5) is 0 Å². The summed E-state index contributed by atoms with van der Waals surface area (Å²) in [5.41, 5.74) is 6.58. The van der Waals surface area contributed by atoms with Crippen LogP contribution in [0.1, 0.15) is 11.9 Å². The average Bonchev–Trinajstić information content (AvgIpc) is 2.93. The van der Waals surface area contributed by atoms with E-state index in [2.05, 4.69) is 14.8 Å². The highest BCUT2D eigenvalue weighted by atomic mass is 32.1. The summed E-state index contributed by atoms with van der Waals surface area (Å²) in [7, 11) is 0. The van der Waals surface area contributed by atoms with Crippen LogP contribution < -0.4 is 10.5 Å². The van der Waals surface area contributed by atoms with Crippen LogP contribution in [0, 0.1) is 6.92 Å². The predicted molar refractivity (Wildman–Crippen MR) is 97.5 cm³/mol. The molecule has 6 nitrogen and oxygen atoms in total. The number of ether oxygens (including phenoxy) is 1. The van der Waals surface area contributed by atoms with E-state index in [1.54, 1.807) is 18.3 Å². The quantitative estimate of drug-likeness (QED) is 0.817. The number of aryl methyl sites for hydroxylation is 1. The highest BCUT2D eigenvalue weighted by molar-refractivity contribution is 7.18. The Bertz CT molecular complexity index is 668. The average molecular weight is 350 g/mol. The van der Waals surface area contributed by atoms with Crippen molar-refractivity contribution in [2.24, 2.45) is 5.73 Å². The Morgan fingerprint density at radius 1 is 1.33 bits per heavy atom. The molecule has 1 unspecified atom stereocenters. The summed E-state index contributed by atoms with van der Waals surface area (Å²) in [5.74, 6) is 0.753. The Labute approximate surface area is 146 Å². The first kappa shape index (κ1) is 17.6. The second kappa shape index (κ2) is 7.76. The summed E-state index contributed by atoms with van der Waals surface area (Å²) < 4.78 is 7.28. The van der Waals surface area contributed by atoms with Gasteiger partial charge < -0.3 is 15.6 Å². The van der Waals surface area contributed by atoms with Gasteiger partial charge in [-0.1, -0.05) is 0 Å². The number of piperazine rings is 1. The van der Waals surface area contributed by atoms with Crippen molar-refractivity contribution in [2.75, 3.05) is 39.3 Å². The number of hydrogen-bond acceptors (Lipinski definition) is 7. The number of nitrogens with zero attached hydrogens (tertiary/aromatic N) is 3. The molecule has 1 aromatic carbocycles. The number of rotatable bonds is 6. The molecule has 1 aromatic heterocycles. The number of fused-ring (bicyclic) bond motifs is 1. The molecule has 0 spiro atoms. The molecule has 0 radical (unpaired) electrons. The Morgan fingerprint density at radius 2 is 2.08 bits per heavy atom. The number of aromatic nitrogens is 1. The molecule has 2 heterocycles. The van der Waals surface area contributed by atoms with Gasteiger partial charge >= 0.3 is 0 Å². The largest absolute Gasteiger partial charge is 0.472 e. The van der Waals surface area contributed by atoms with Crippen LogP contribution in [0.15, 0.2) is 18.2 Å². The number of hydrogen-bond donors (Lipinski definition) is 2. The Kier molecular flexibility index (Phi) is 5.68. The van der Waals surface area contributed by atoms with Gasteiger partial charge in [0.15, 0.2) is 6.23 Å². The summed E-state index contributed by atoms with van der Waals surface area (Å²) in [6.07, 6.45) is -0.916. The molecule has 3 rings (SSSR count). The standard InChI is InChI=1S/C17H26N4O2S/c1-12(22)17(21-9-7-20(6-5-18)8-10-21)23-14-3-4-16-15(11-14)19-13(2)24-16/h3-4,11-12,17,22H,5-10,18H2,1-2H3/t12-,17?/m1/s1. The maximum absolute atomic E-state index is 10.2. The van der Waals surface area contributed by atoms with Gasteiger partial charge in [0, 0.05) is 45.3 Å². The molecule has 2 aromatic rings. The fourth-order valence-electron chi connectivity index (χ4n) is 3.14. The number of aliphatic hydroxyl groups is 1. The molecule has 2 atom stereocenters. The molecule has 7 heteroatoms. The number of aliphatic hydroxyl groups excluding tert-OH is 1. The zero-order valence-corrected chi connectivity index (χ0v) is 15.1. The van der Waals surface area contributed by atoms with Crippen molar-refractivity contribution >= 4 is 21.6 Å². The van der Waals surface area contributed by atoms with Gasteiger partial charge in [-0.2, -0.15) is 0 Å². The molecule has 24 heavy (non-hydrogen) atoms. The maximum Gasteiger partial charge on any atom is 0.178 e. The van der Waals surface area contributed by atoms with E-state index in [1.807, 2.05) is 25.1 Å². The van der Waals surface area contributed by atoms with Gasteiger partial charge in [-0.15, -0.1) is 11.3 Å². The van der Waals surface area contributed by atoms with Gasteiger partial charge in [0.05, 0.1) is 15.2 Å². The number of nitrogens with two attached hydrogens (primary N) is 1. The van der Waals surface area contributed by atoms with Crippen LogP contribution in [-0.4, -0.2) is 71.5 Å².